The molecule has 1 aliphatic heterocycles. The molecule has 1 aromatic rings. The van der Waals surface area contributed by atoms with Gasteiger partial charge < -0.3 is 20.1 Å². The molecule has 0 aliphatic carbocycles. The second-order valence-electron chi connectivity index (χ2n) is 4.07. The number of aliphatic hydroxyl groups excluding tert-OH is 1. The lowest BCUT2D eigenvalue weighted by Gasteiger charge is -2.28. The molecule has 1 atom stereocenters. The highest BCUT2D eigenvalue weighted by molar-refractivity contribution is 5.61. The van der Waals surface area contributed by atoms with Crippen molar-refractivity contribution in [3.63, 3.8) is 0 Å². The van der Waals surface area contributed by atoms with Crippen LogP contribution in [0.2, 0.25) is 0 Å². The predicted octanol–water partition coefficient (Wildman–Crippen LogP) is 0.768. The van der Waals surface area contributed by atoms with Gasteiger partial charge in [-0.25, -0.2) is 0 Å². The van der Waals surface area contributed by atoms with Crippen LogP contribution in [0.3, 0.4) is 0 Å². The normalized spacial score (nSPS) is 16.6. The van der Waals surface area contributed by atoms with Gasteiger partial charge >= 0.3 is 0 Å². The van der Waals surface area contributed by atoms with Crippen molar-refractivity contribution >= 4 is 5.69 Å². The van der Waals surface area contributed by atoms with Crippen LogP contribution in [0, 0.1) is 0 Å². The lowest BCUT2D eigenvalue weighted by Crippen LogP contribution is -2.29. The van der Waals surface area contributed by atoms with Crippen LogP contribution in [0.15, 0.2) is 18.2 Å². The summed E-state index contributed by atoms with van der Waals surface area (Å²) in [6, 6.07) is 5.84. The summed E-state index contributed by atoms with van der Waals surface area (Å²) in [4.78, 5) is 2.15. The predicted molar refractivity (Wildman–Crippen MR) is 64.1 cm³/mol. The molecule has 0 radical (unpaired) electrons. The van der Waals surface area contributed by atoms with Crippen LogP contribution in [0.25, 0.3) is 0 Å². The molecule has 16 heavy (non-hydrogen) atoms. The number of fused-ring (bicyclic) bond motifs is 1. The van der Waals surface area contributed by atoms with Gasteiger partial charge in [0.1, 0.15) is 12.4 Å². The van der Waals surface area contributed by atoms with E-state index in [4.69, 9.17) is 4.74 Å². The van der Waals surface area contributed by atoms with E-state index in [1.54, 1.807) is 0 Å². The molecule has 2 rings (SSSR count). The molecule has 88 valence electrons. The number of nitrogens with one attached hydrogen (secondary N) is 1. The molecule has 2 N–H and O–H groups in total. The molecule has 0 saturated carbocycles. The van der Waals surface area contributed by atoms with Gasteiger partial charge in [-0.05, 0) is 24.7 Å². The first-order chi connectivity index (χ1) is 7.72. The van der Waals surface area contributed by atoms with Crippen LogP contribution in [-0.2, 0) is 0 Å². The first-order valence-electron chi connectivity index (χ1n) is 5.53. The van der Waals surface area contributed by atoms with Crippen LogP contribution < -0.4 is 15.0 Å². The average Bonchev–Trinajstić information content (AvgIpc) is 2.29. The molecule has 0 saturated heterocycles. The van der Waals surface area contributed by atoms with E-state index in [0.717, 1.165) is 30.2 Å². The molecule has 1 unspecified atom stereocenters. The Balaban J connectivity index is 2.26. The van der Waals surface area contributed by atoms with Crippen molar-refractivity contribution < 1.29 is 9.84 Å². The number of aliphatic hydroxyl groups is 1. The van der Waals surface area contributed by atoms with E-state index in [-0.39, 0.29) is 0 Å². The van der Waals surface area contributed by atoms with Crippen LogP contribution in [0.5, 0.6) is 5.75 Å². The molecule has 1 aromatic carbocycles. The minimum atomic E-state index is -0.467. The quantitative estimate of drug-likeness (QED) is 0.793. The standard InChI is InChI=1S/C12H18N2O2/c1-13-8-11(15)9-3-4-12-10(7-9)14(2)5-6-16-12/h3-4,7,11,13,15H,5-6,8H2,1-2H3. The number of likely N-dealkylation sites (N-methyl/N-ethyl adjacent to an activating group) is 2. The number of anilines is 1. The summed E-state index contributed by atoms with van der Waals surface area (Å²) in [5.74, 6) is 0.897. The van der Waals surface area contributed by atoms with E-state index in [1.807, 2.05) is 32.3 Å². The van der Waals surface area contributed by atoms with Gasteiger partial charge in [0.2, 0.25) is 0 Å². The van der Waals surface area contributed by atoms with Crippen LogP contribution in [0.1, 0.15) is 11.7 Å². The molecular formula is C12H18N2O2. The molecule has 1 aliphatic rings. The first kappa shape index (κ1) is 11.2. The van der Waals surface area contributed by atoms with E-state index in [2.05, 4.69) is 10.2 Å². The van der Waals surface area contributed by atoms with E-state index >= 15 is 0 Å². The smallest absolute Gasteiger partial charge is 0.142 e. The fourth-order valence-corrected chi connectivity index (χ4v) is 1.89. The van der Waals surface area contributed by atoms with Crippen molar-refractivity contribution in [2.45, 2.75) is 6.10 Å². The van der Waals surface area contributed by atoms with Crippen LogP contribution >= 0.6 is 0 Å². The lowest BCUT2D eigenvalue weighted by molar-refractivity contribution is 0.177. The SMILES string of the molecule is CNCC(O)c1ccc2c(c1)N(C)CCO2. The summed E-state index contributed by atoms with van der Waals surface area (Å²) in [5, 5.41) is 12.8. The van der Waals surface area contributed by atoms with Crippen molar-refractivity contribution in [2.75, 3.05) is 38.7 Å². The van der Waals surface area contributed by atoms with Gasteiger partial charge in [-0.3, -0.25) is 0 Å². The van der Waals surface area contributed by atoms with Gasteiger partial charge in [0, 0.05) is 13.6 Å². The summed E-state index contributed by atoms with van der Waals surface area (Å²) >= 11 is 0. The second kappa shape index (κ2) is 4.72. The first-order valence-corrected chi connectivity index (χ1v) is 5.53. The van der Waals surface area contributed by atoms with Crippen LogP contribution in [0.4, 0.5) is 5.69 Å². The second-order valence-corrected chi connectivity index (χ2v) is 4.07. The maximum absolute atomic E-state index is 9.89. The number of hydrogen-bond donors (Lipinski definition) is 2. The minimum absolute atomic E-state index is 0.467. The topological polar surface area (TPSA) is 44.7 Å². The molecule has 0 fully saturated rings. The highest BCUT2D eigenvalue weighted by atomic mass is 16.5. The Bertz CT molecular complexity index is 368. The lowest BCUT2D eigenvalue weighted by atomic mass is 10.1. The monoisotopic (exact) mass is 222 g/mol. The Morgan fingerprint density at radius 1 is 1.56 bits per heavy atom. The highest BCUT2D eigenvalue weighted by Crippen LogP contribution is 2.32. The maximum atomic E-state index is 9.89. The third-order valence-electron chi connectivity index (χ3n) is 2.86. The molecule has 0 bridgehead atoms. The molecule has 0 spiro atoms. The van der Waals surface area contributed by atoms with Crippen molar-refractivity contribution in [1.82, 2.24) is 5.32 Å². The zero-order valence-corrected chi connectivity index (χ0v) is 9.73. The number of benzene rings is 1. The highest BCUT2D eigenvalue weighted by Gasteiger charge is 2.17. The molecule has 4 nitrogen and oxygen atoms in total. The van der Waals surface area contributed by atoms with Crippen LogP contribution in [-0.4, -0.2) is 38.9 Å². The Hall–Kier alpha value is -1.26. The van der Waals surface area contributed by atoms with E-state index in [0.29, 0.717) is 6.54 Å². The Labute approximate surface area is 95.8 Å². The van der Waals surface area contributed by atoms with Gasteiger partial charge in [0.05, 0.1) is 18.3 Å². The van der Waals surface area contributed by atoms with Gasteiger partial charge in [0.15, 0.2) is 0 Å². The number of rotatable bonds is 3. The van der Waals surface area contributed by atoms with E-state index in [9.17, 15) is 5.11 Å². The van der Waals surface area contributed by atoms with Gasteiger partial charge in [0.25, 0.3) is 0 Å². The van der Waals surface area contributed by atoms with Crippen molar-refractivity contribution in [3.05, 3.63) is 23.8 Å². The number of ether oxygens (including phenoxy) is 1. The van der Waals surface area contributed by atoms with Crippen molar-refractivity contribution in [1.29, 1.82) is 0 Å². The van der Waals surface area contributed by atoms with Gasteiger partial charge in [-0.1, -0.05) is 6.07 Å². The summed E-state index contributed by atoms with van der Waals surface area (Å²) in [6.45, 7) is 2.17. The Kier molecular flexibility index (Phi) is 3.31. The molecule has 0 aromatic heterocycles. The third-order valence-corrected chi connectivity index (χ3v) is 2.86. The third kappa shape index (κ3) is 2.13. The van der Waals surface area contributed by atoms with E-state index < -0.39 is 6.10 Å². The zero-order chi connectivity index (χ0) is 11.5. The Morgan fingerprint density at radius 2 is 2.38 bits per heavy atom. The molecule has 1 heterocycles. The fraction of sp³-hybridized carbons (Fsp3) is 0.500. The summed E-state index contributed by atoms with van der Waals surface area (Å²) in [7, 11) is 3.87. The fourth-order valence-electron chi connectivity index (χ4n) is 1.89. The average molecular weight is 222 g/mol. The summed E-state index contributed by atoms with van der Waals surface area (Å²) in [6.07, 6.45) is -0.467. The van der Waals surface area contributed by atoms with Gasteiger partial charge in [-0.2, -0.15) is 0 Å². The summed E-state index contributed by atoms with van der Waals surface area (Å²) in [5.41, 5.74) is 1.98. The molecule has 4 heteroatoms. The Morgan fingerprint density at radius 3 is 3.12 bits per heavy atom. The summed E-state index contributed by atoms with van der Waals surface area (Å²) < 4.78 is 5.55. The van der Waals surface area contributed by atoms with Gasteiger partial charge in [-0.15, -0.1) is 0 Å². The molecular weight excluding hydrogens is 204 g/mol. The van der Waals surface area contributed by atoms with Crippen molar-refractivity contribution in [3.8, 4) is 5.75 Å². The molecule has 0 amide bonds. The maximum Gasteiger partial charge on any atom is 0.142 e. The minimum Gasteiger partial charge on any atom is -0.490 e. The van der Waals surface area contributed by atoms with E-state index in [1.165, 1.54) is 0 Å². The van der Waals surface area contributed by atoms with Crippen molar-refractivity contribution in [2.24, 2.45) is 0 Å². The zero-order valence-electron chi connectivity index (χ0n) is 9.73. The largest absolute Gasteiger partial charge is 0.490 e. The number of hydrogen-bond acceptors (Lipinski definition) is 4. The number of nitrogens with zero attached hydrogens (tertiary/aromatic N) is 1.